The molecule has 7 nitrogen and oxygen atoms in total. The van der Waals surface area contributed by atoms with Crippen molar-refractivity contribution in [2.45, 2.75) is 39.9 Å². The second-order valence-electron chi connectivity index (χ2n) is 9.20. The van der Waals surface area contributed by atoms with Crippen molar-refractivity contribution >= 4 is 38.1 Å². The van der Waals surface area contributed by atoms with Crippen LogP contribution in [0.15, 0.2) is 141 Å². The van der Waals surface area contributed by atoms with Crippen LogP contribution < -0.4 is 4.18 Å². The Morgan fingerprint density at radius 2 is 1.33 bits per heavy atom. The van der Waals surface area contributed by atoms with Crippen molar-refractivity contribution in [1.29, 1.82) is 0 Å². The molecule has 0 aliphatic heterocycles. The summed E-state index contributed by atoms with van der Waals surface area (Å²) in [7, 11) is -2.78. The van der Waals surface area contributed by atoms with Gasteiger partial charge in [-0.2, -0.15) is 8.42 Å². The molecule has 0 bridgehead atoms. The predicted octanol–water partition coefficient (Wildman–Crippen LogP) is 6.66. The molecule has 0 N–H and O–H groups in total. The van der Waals surface area contributed by atoms with E-state index in [4.69, 9.17) is 8.92 Å². The number of hydrogen-bond acceptors (Lipinski definition) is 7. The number of rotatable bonds is 12. The van der Waals surface area contributed by atoms with Gasteiger partial charge in [0.05, 0.1) is 30.4 Å². The van der Waals surface area contributed by atoms with Gasteiger partial charge < -0.3 is 8.92 Å². The van der Waals surface area contributed by atoms with E-state index < -0.39 is 27.2 Å². The Balaban J connectivity index is 0.000000331. The Morgan fingerprint density at radius 3 is 1.81 bits per heavy atom. The molecule has 0 heterocycles. The molecule has 0 aromatic heterocycles. The summed E-state index contributed by atoms with van der Waals surface area (Å²) in [6.45, 7) is 7.17. The van der Waals surface area contributed by atoms with E-state index in [2.05, 4.69) is 35.0 Å². The molecule has 43 heavy (non-hydrogen) atoms. The molecule has 0 saturated heterocycles. The number of carbonyl (C=O) groups is 1. The van der Waals surface area contributed by atoms with Crippen LogP contribution in [0.2, 0.25) is 0 Å². The number of benzene rings is 4. The topological polar surface area (TPSA) is 96.0 Å². The fourth-order valence-corrected chi connectivity index (χ4v) is 7.11. The summed E-state index contributed by atoms with van der Waals surface area (Å²) in [6.07, 6.45) is 0.527. The van der Waals surface area contributed by atoms with Crippen LogP contribution in [-0.2, 0) is 45.8 Å². The summed E-state index contributed by atoms with van der Waals surface area (Å²) >= 11 is -1.27. The van der Waals surface area contributed by atoms with Crippen LogP contribution in [0.25, 0.3) is 0 Å². The molecule has 0 spiro atoms. The van der Waals surface area contributed by atoms with Crippen LogP contribution in [0.5, 0.6) is 5.75 Å². The summed E-state index contributed by atoms with van der Waals surface area (Å²) in [4.78, 5) is 14.5. The molecule has 0 amide bonds. The molecular formula is C33H35O7S3+. The zero-order chi connectivity index (χ0) is 31.2. The minimum Gasteiger partial charge on any atom is -0.462 e. The molecule has 0 aliphatic carbocycles. The van der Waals surface area contributed by atoms with E-state index in [-0.39, 0.29) is 22.4 Å². The zero-order valence-electron chi connectivity index (χ0n) is 24.3. The van der Waals surface area contributed by atoms with E-state index in [0.29, 0.717) is 23.5 Å². The number of carbonyl (C=O) groups excluding carboxylic acids is 1. The van der Waals surface area contributed by atoms with Gasteiger partial charge in [-0.25, -0.2) is 9.00 Å². The monoisotopic (exact) mass is 639 g/mol. The smallest absolute Gasteiger partial charge is 0.339 e. The van der Waals surface area contributed by atoms with Gasteiger partial charge in [0.15, 0.2) is 25.8 Å². The van der Waals surface area contributed by atoms with Gasteiger partial charge in [-0.1, -0.05) is 60.7 Å². The minimum atomic E-state index is -3.87. The van der Waals surface area contributed by atoms with Gasteiger partial charge >= 0.3 is 16.1 Å². The molecule has 4 aromatic carbocycles. The standard InChI is InChI=1S/C25H21O3S2.C8H14O4S/c1-20-12-18-25(19-13-20)30(26,27)28-21-14-16-24(17-15-21)29(22-8-4-2-5-9-22)23-10-6-3-7-11-23;1-7(2)8(9)12-5-4-6-13(10)11-3/h2-19H,1H3;1,4-6H2,2-3H3/q+1;. The normalized spacial score (nSPS) is 11.6. The van der Waals surface area contributed by atoms with Crippen molar-refractivity contribution in [2.24, 2.45) is 0 Å². The Labute approximate surface area is 259 Å². The fraction of sp³-hybridized carbons (Fsp3) is 0.182. The lowest BCUT2D eigenvalue weighted by Crippen LogP contribution is -2.10. The lowest BCUT2D eigenvalue weighted by molar-refractivity contribution is -0.138. The summed E-state index contributed by atoms with van der Waals surface area (Å²) in [5.41, 5.74) is 1.36. The van der Waals surface area contributed by atoms with Gasteiger partial charge in [-0.15, -0.1) is 0 Å². The fourth-order valence-electron chi connectivity index (χ4n) is 3.58. The average molecular weight is 640 g/mol. The number of esters is 1. The van der Waals surface area contributed by atoms with E-state index in [1.807, 2.05) is 55.5 Å². The first-order valence-electron chi connectivity index (χ1n) is 13.3. The first-order chi connectivity index (χ1) is 20.6. The second-order valence-corrected chi connectivity index (χ2v) is 14.1. The van der Waals surface area contributed by atoms with E-state index in [9.17, 15) is 17.4 Å². The summed E-state index contributed by atoms with van der Waals surface area (Å²) in [6, 6.07) is 34.5. The van der Waals surface area contributed by atoms with Crippen LogP contribution >= 0.6 is 0 Å². The highest BCUT2D eigenvalue weighted by molar-refractivity contribution is 7.97. The molecule has 0 saturated carbocycles. The molecule has 10 heteroatoms. The van der Waals surface area contributed by atoms with Crippen molar-refractivity contribution in [3.05, 3.63) is 127 Å². The molecular weight excluding hydrogens is 605 g/mol. The average Bonchev–Trinajstić information content (AvgIpc) is 3.01. The largest absolute Gasteiger partial charge is 0.462 e. The summed E-state index contributed by atoms with van der Waals surface area (Å²) in [5.74, 6) is 0.257. The maximum Gasteiger partial charge on any atom is 0.339 e. The van der Waals surface area contributed by atoms with E-state index in [1.165, 1.54) is 16.9 Å². The van der Waals surface area contributed by atoms with Gasteiger partial charge in [0.1, 0.15) is 10.6 Å². The molecule has 1 unspecified atom stereocenters. The van der Waals surface area contributed by atoms with Crippen molar-refractivity contribution in [3.63, 3.8) is 0 Å². The minimum absolute atomic E-state index is 0.144. The van der Waals surface area contributed by atoms with Gasteiger partial charge in [-0.3, -0.25) is 4.18 Å². The lowest BCUT2D eigenvalue weighted by Gasteiger charge is -2.10. The number of ether oxygens (including phenoxy) is 1. The predicted molar refractivity (Wildman–Crippen MR) is 171 cm³/mol. The lowest BCUT2D eigenvalue weighted by atomic mass is 10.2. The number of aryl methyl sites for hydroxylation is 1. The van der Waals surface area contributed by atoms with Crippen molar-refractivity contribution in [2.75, 3.05) is 19.5 Å². The van der Waals surface area contributed by atoms with Crippen molar-refractivity contribution in [1.82, 2.24) is 0 Å². The highest BCUT2D eigenvalue weighted by Crippen LogP contribution is 2.32. The Kier molecular flexibility index (Phi) is 13.2. The molecule has 0 fully saturated rings. The first kappa shape index (κ1) is 33.8. The molecule has 226 valence electrons. The highest BCUT2D eigenvalue weighted by atomic mass is 32.2. The third-order valence-electron chi connectivity index (χ3n) is 5.76. The zero-order valence-corrected chi connectivity index (χ0v) is 26.8. The second kappa shape index (κ2) is 16.8. The number of hydrogen-bond donors (Lipinski definition) is 0. The van der Waals surface area contributed by atoms with Crippen molar-refractivity contribution < 1.29 is 30.5 Å². The summed E-state index contributed by atoms with van der Waals surface area (Å²) < 4.78 is 50.5. The van der Waals surface area contributed by atoms with E-state index >= 15 is 0 Å². The van der Waals surface area contributed by atoms with Crippen LogP contribution in [0.4, 0.5) is 0 Å². The maximum absolute atomic E-state index is 12.6. The van der Waals surface area contributed by atoms with Crippen molar-refractivity contribution in [3.8, 4) is 5.75 Å². The van der Waals surface area contributed by atoms with Crippen LogP contribution in [0.3, 0.4) is 0 Å². The highest BCUT2D eigenvalue weighted by Gasteiger charge is 2.28. The Hall–Kier alpha value is -3.70. The van der Waals surface area contributed by atoms with E-state index in [0.717, 1.165) is 10.5 Å². The molecule has 0 radical (unpaired) electrons. The van der Waals surface area contributed by atoms with Gasteiger partial charge in [0.2, 0.25) is 0 Å². The Bertz CT molecular complexity index is 1550. The van der Waals surface area contributed by atoms with Crippen LogP contribution in [0.1, 0.15) is 18.9 Å². The third-order valence-corrected chi connectivity index (χ3v) is 10.2. The maximum atomic E-state index is 12.6. The SMILES string of the molecule is C=C(C)C(=O)OCCCS(=O)OC.Cc1ccc(S(=O)(=O)Oc2ccc([S+](c3ccccc3)c3ccccc3)cc2)cc1. The van der Waals surface area contributed by atoms with Gasteiger partial charge in [0.25, 0.3) is 0 Å². The Morgan fingerprint density at radius 1 is 0.814 bits per heavy atom. The van der Waals surface area contributed by atoms with Crippen LogP contribution in [0, 0.1) is 6.92 Å². The quantitative estimate of drug-likeness (QED) is 0.0562. The third kappa shape index (κ3) is 10.8. The van der Waals surface area contributed by atoms with E-state index in [1.54, 1.807) is 43.3 Å². The molecule has 4 rings (SSSR count). The summed E-state index contributed by atoms with van der Waals surface area (Å²) in [5, 5.41) is 0. The van der Waals surface area contributed by atoms with Crippen LogP contribution in [-0.4, -0.2) is 38.1 Å². The van der Waals surface area contributed by atoms with Gasteiger partial charge in [-0.05, 0) is 80.9 Å². The first-order valence-corrected chi connectivity index (χ1v) is 17.2. The molecule has 4 aromatic rings. The molecule has 1 atom stereocenters. The molecule has 0 aliphatic rings. The van der Waals surface area contributed by atoms with Gasteiger partial charge in [0, 0.05) is 5.57 Å².